The number of hydrogen-bond donors (Lipinski definition) is 2. The van der Waals surface area contributed by atoms with E-state index < -0.39 is 23.8 Å². The zero-order valence-electron chi connectivity index (χ0n) is 14.8. The molecular weight excluding hydrogens is 312 g/mol. The molecule has 0 bridgehead atoms. The van der Waals surface area contributed by atoms with Gasteiger partial charge in [-0.25, -0.2) is 9.59 Å². The first kappa shape index (κ1) is 19.8. The molecule has 2 N–H and O–H groups in total. The van der Waals surface area contributed by atoms with Gasteiger partial charge in [0.05, 0.1) is 0 Å². The molecule has 1 aromatic carbocycles. The molecule has 134 valence electrons. The number of aliphatic hydroxyl groups is 1. The number of hydrogen-bond acceptors (Lipinski definition) is 5. The summed E-state index contributed by atoms with van der Waals surface area (Å²) in [4.78, 5) is 24.9. The van der Waals surface area contributed by atoms with Crippen LogP contribution in [0.2, 0.25) is 0 Å². The van der Waals surface area contributed by atoms with Crippen molar-refractivity contribution in [2.75, 3.05) is 20.7 Å². The van der Waals surface area contributed by atoms with E-state index in [0.29, 0.717) is 11.3 Å². The maximum atomic E-state index is 12.0. The lowest BCUT2D eigenvalue weighted by atomic mass is 10.1. The van der Waals surface area contributed by atoms with Gasteiger partial charge in [-0.05, 0) is 38.5 Å². The quantitative estimate of drug-likeness (QED) is 0.862. The minimum atomic E-state index is -0.643. The molecule has 24 heavy (non-hydrogen) atoms. The number of amides is 2. The molecular formula is C17H26N2O5. The fourth-order valence-electron chi connectivity index (χ4n) is 1.85. The van der Waals surface area contributed by atoms with E-state index in [4.69, 9.17) is 9.47 Å². The van der Waals surface area contributed by atoms with Gasteiger partial charge in [0.1, 0.15) is 11.9 Å². The van der Waals surface area contributed by atoms with Crippen LogP contribution in [0.15, 0.2) is 24.3 Å². The summed E-state index contributed by atoms with van der Waals surface area (Å²) >= 11 is 0. The molecule has 2 amide bonds. The zero-order valence-corrected chi connectivity index (χ0v) is 14.8. The molecule has 0 radical (unpaired) electrons. The molecule has 1 atom stereocenters. The standard InChI is InChI=1S/C17H26N2O5/c1-17(2,3)18-15(21)24-14(9-10-20)12-7-6-8-13(11-12)23-16(22)19(4)5/h6-8,11,14,20H,9-10H2,1-5H3,(H,18,21)/t14-/m0/s1. The number of nitrogens with zero attached hydrogens (tertiary/aromatic N) is 1. The van der Waals surface area contributed by atoms with Crippen molar-refractivity contribution in [3.63, 3.8) is 0 Å². The van der Waals surface area contributed by atoms with E-state index in [1.807, 2.05) is 20.8 Å². The fraction of sp³-hybridized carbons (Fsp3) is 0.529. The van der Waals surface area contributed by atoms with E-state index in [0.717, 1.165) is 0 Å². The Labute approximate surface area is 142 Å². The topological polar surface area (TPSA) is 88.1 Å². The van der Waals surface area contributed by atoms with Gasteiger partial charge in [-0.2, -0.15) is 0 Å². The molecule has 1 rings (SSSR count). The van der Waals surface area contributed by atoms with E-state index in [-0.39, 0.29) is 13.0 Å². The van der Waals surface area contributed by atoms with Crippen LogP contribution in [0.5, 0.6) is 5.75 Å². The third-order valence-corrected chi connectivity index (χ3v) is 2.92. The highest BCUT2D eigenvalue weighted by atomic mass is 16.6. The largest absolute Gasteiger partial charge is 0.441 e. The van der Waals surface area contributed by atoms with Crippen molar-refractivity contribution in [3.8, 4) is 5.75 Å². The second-order valence-electron chi connectivity index (χ2n) is 6.62. The summed E-state index contributed by atoms with van der Waals surface area (Å²) in [5.74, 6) is 0.342. The SMILES string of the molecule is CN(C)C(=O)Oc1cccc([C@H](CCO)OC(=O)NC(C)(C)C)c1. The van der Waals surface area contributed by atoms with Gasteiger partial charge in [0.25, 0.3) is 0 Å². The van der Waals surface area contributed by atoms with E-state index in [9.17, 15) is 14.7 Å². The van der Waals surface area contributed by atoms with Gasteiger partial charge in [0.2, 0.25) is 0 Å². The summed E-state index contributed by atoms with van der Waals surface area (Å²) in [7, 11) is 3.17. The lowest BCUT2D eigenvalue weighted by Crippen LogP contribution is -2.41. The van der Waals surface area contributed by atoms with Crippen LogP contribution < -0.4 is 10.1 Å². The van der Waals surface area contributed by atoms with Crippen LogP contribution in [0.1, 0.15) is 38.9 Å². The first-order chi connectivity index (χ1) is 11.1. The maximum Gasteiger partial charge on any atom is 0.414 e. The average molecular weight is 338 g/mol. The van der Waals surface area contributed by atoms with Crippen molar-refractivity contribution in [1.82, 2.24) is 10.2 Å². The Morgan fingerprint density at radius 1 is 1.29 bits per heavy atom. The Morgan fingerprint density at radius 3 is 2.50 bits per heavy atom. The first-order valence-electron chi connectivity index (χ1n) is 7.71. The Bertz CT molecular complexity index is 566. The minimum absolute atomic E-state index is 0.144. The third-order valence-electron chi connectivity index (χ3n) is 2.92. The summed E-state index contributed by atoms with van der Waals surface area (Å²) in [6, 6.07) is 6.70. The highest BCUT2D eigenvalue weighted by molar-refractivity contribution is 5.70. The second-order valence-corrected chi connectivity index (χ2v) is 6.62. The normalized spacial score (nSPS) is 12.2. The van der Waals surface area contributed by atoms with Crippen molar-refractivity contribution in [1.29, 1.82) is 0 Å². The summed E-state index contributed by atoms with van der Waals surface area (Å²) in [5.41, 5.74) is 0.210. The molecule has 0 aliphatic carbocycles. The molecule has 0 aliphatic rings. The van der Waals surface area contributed by atoms with Crippen LogP contribution >= 0.6 is 0 Å². The molecule has 7 nitrogen and oxygen atoms in total. The lowest BCUT2D eigenvalue weighted by Gasteiger charge is -2.24. The van der Waals surface area contributed by atoms with Crippen molar-refractivity contribution >= 4 is 12.2 Å². The number of benzene rings is 1. The lowest BCUT2D eigenvalue weighted by molar-refractivity contribution is 0.0748. The molecule has 0 heterocycles. The van der Waals surface area contributed by atoms with Crippen molar-refractivity contribution in [3.05, 3.63) is 29.8 Å². The maximum absolute atomic E-state index is 12.0. The van der Waals surface area contributed by atoms with Crippen LogP contribution in [-0.4, -0.2) is 48.4 Å². The van der Waals surface area contributed by atoms with Gasteiger partial charge in [0, 0.05) is 32.7 Å². The fourth-order valence-corrected chi connectivity index (χ4v) is 1.85. The number of nitrogens with one attached hydrogen (secondary N) is 1. The number of ether oxygens (including phenoxy) is 2. The Kier molecular flexibility index (Phi) is 7.03. The predicted molar refractivity (Wildman–Crippen MR) is 90.0 cm³/mol. The second kappa shape index (κ2) is 8.54. The van der Waals surface area contributed by atoms with Gasteiger partial charge >= 0.3 is 12.2 Å². The van der Waals surface area contributed by atoms with Gasteiger partial charge in [-0.15, -0.1) is 0 Å². The third kappa shape index (κ3) is 6.87. The number of rotatable bonds is 5. The van der Waals surface area contributed by atoms with Crippen LogP contribution in [0.4, 0.5) is 9.59 Å². The van der Waals surface area contributed by atoms with Gasteiger partial charge in [-0.3, -0.25) is 0 Å². The van der Waals surface area contributed by atoms with E-state index in [1.165, 1.54) is 4.90 Å². The monoisotopic (exact) mass is 338 g/mol. The molecule has 0 saturated heterocycles. The van der Waals surface area contributed by atoms with Crippen molar-refractivity contribution in [2.45, 2.75) is 38.8 Å². The first-order valence-corrected chi connectivity index (χ1v) is 7.71. The zero-order chi connectivity index (χ0) is 18.3. The minimum Gasteiger partial charge on any atom is -0.441 e. The van der Waals surface area contributed by atoms with Gasteiger partial charge in [0.15, 0.2) is 0 Å². The molecule has 7 heteroatoms. The average Bonchev–Trinajstić information content (AvgIpc) is 2.45. The number of alkyl carbamates (subject to hydrolysis) is 1. The smallest absolute Gasteiger partial charge is 0.414 e. The van der Waals surface area contributed by atoms with E-state index in [2.05, 4.69) is 5.32 Å². The Balaban J connectivity index is 2.88. The molecule has 0 aliphatic heterocycles. The number of carbonyl (C=O) groups is 2. The molecule has 0 spiro atoms. The molecule has 0 saturated carbocycles. The molecule has 1 aromatic rings. The molecule has 0 aromatic heterocycles. The summed E-state index contributed by atoms with van der Waals surface area (Å²) in [6.07, 6.45) is -1.48. The summed E-state index contributed by atoms with van der Waals surface area (Å²) in [5, 5.41) is 11.9. The van der Waals surface area contributed by atoms with Crippen molar-refractivity contribution < 1.29 is 24.2 Å². The molecule has 0 fully saturated rings. The Hall–Kier alpha value is -2.28. The molecule has 0 unspecified atom stereocenters. The number of aliphatic hydroxyl groups excluding tert-OH is 1. The van der Waals surface area contributed by atoms with Crippen LogP contribution in [0, 0.1) is 0 Å². The highest BCUT2D eigenvalue weighted by Gasteiger charge is 2.21. The Morgan fingerprint density at radius 2 is 1.96 bits per heavy atom. The van der Waals surface area contributed by atoms with Crippen LogP contribution in [0.3, 0.4) is 0 Å². The van der Waals surface area contributed by atoms with Gasteiger partial charge < -0.3 is 24.8 Å². The number of carbonyl (C=O) groups excluding carboxylic acids is 2. The van der Waals surface area contributed by atoms with Crippen LogP contribution in [0.25, 0.3) is 0 Å². The van der Waals surface area contributed by atoms with Crippen LogP contribution in [-0.2, 0) is 4.74 Å². The summed E-state index contributed by atoms with van der Waals surface area (Å²) in [6.45, 7) is 5.39. The predicted octanol–water partition coefficient (Wildman–Crippen LogP) is 2.70. The summed E-state index contributed by atoms with van der Waals surface area (Å²) < 4.78 is 10.6. The van der Waals surface area contributed by atoms with Gasteiger partial charge in [-0.1, -0.05) is 12.1 Å². The highest BCUT2D eigenvalue weighted by Crippen LogP contribution is 2.25. The van der Waals surface area contributed by atoms with Crippen molar-refractivity contribution in [2.24, 2.45) is 0 Å². The van der Waals surface area contributed by atoms with E-state index >= 15 is 0 Å². The van der Waals surface area contributed by atoms with E-state index in [1.54, 1.807) is 38.4 Å².